The standard InChI is InChI=1S/C27H28FN9O2/c1-3-19-15-31-26(32-16-19)35-8-6-34(7-9-35)25-21(14-29)12-22(17-30-25)20-4-5-24(23(28)13-20)36-18-33-37(27(36)38)10-11-39-2/h4-5,12-13,15-18H,3,6-11H2,1-2H3. The zero-order chi connectivity index (χ0) is 27.4. The van der Waals surface area contributed by atoms with Crippen LogP contribution in [0.25, 0.3) is 16.8 Å². The Morgan fingerprint density at radius 2 is 1.77 bits per heavy atom. The number of benzene rings is 1. The van der Waals surface area contributed by atoms with Crippen LogP contribution < -0.4 is 15.5 Å². The SMILES string of the molecule is CCc1cnc(N2CCN(c3ncc(-c4ccc(-n5cnn(CCOC)c5=O)c(F)c4)cc3C#N)CC2)nc1. The third kappa shape index (κ3) is 5.35. The highest BCUT2D eigenvalue weighted by molar-refractivity contribution is 5.69. The molecule has 1 aliphatic heterocycles. The number of methoxy groups -OCH3 is 1. The maximum Gasteiger partial charge on any atom is 0.350 e. The van der Waals surface area contributed by atoms with Crippen LogP contribution in [0.1, 0.15) is 18.1 Å². The predicted octanol–water partition coefficient (Wildman–Crippen LogP) is 2.43. The molecule has 4 aromatic rings. The molecule has 3 aromatic heterocycles. The van der Waals surface area contributed by atoms with Crippen LogP contribution in [0.15, 0.2) is 54.0 Å². The molecule has 1 fully saturated rings. The summed E-state index contributed by atoms with van der Waals surface area (Å²) in [6, 6.07) is 8.48. The van der Waals surface area contributed by atoms with E-state index in [-0.39, 0.29) is 12.2 Å². The summed E-state index contributed by atoms with van der Waals surface area (Å²) in [5, 5.41) is 13.9. The van der Waals surface area contributed by atoms with Gasteiger partial charge in [-0.1, -0.05) is 13.0 Å². The molecule has 4 heterocycles. The Balaban J connectivity index is 1.32. The topological polar surface area (TPSA) is 118 Å². The summed E-state index contributed by atoms with van der Waals surface area (Å²) in [6.45, 7) is 5.39. The third-order valence-electron chi connectivity index (χ3n) is 6.73. The minimum atomic E-state index is -0.589. The van der Waals surface area contributed by atoms with Crippen molar-refractivity contribution < 1.29 is 9.13 Å². The number of anilines is 2. The molecule has 1 saturated heterocycles. The number of piperazine rings is 1. The van der Waals surface area contributed by atoms with Crippen LogP contribution in [0.3, 0.4) is 0 Å². The number of ether oxygens (including phenoxy) is 1. The van der Waals surface area contributed by atoms with Crippen molar-refractivity contribution in [2.75, 3.05) is 49.7 Å². The van der Waals surface area contributed by atoms with E-state index in [1.54, 1.807) is 18.3 Å². The Kier molecular flexibility index (Phi) is 7.60. The molecular formula is C27H28FN9O2. The second kappa shape index (κ2) is 11.4. The van der Waals surface area contributed by atoms with Gasteiger partial charge in [0.05, 0.1) is 24.4 Å². The van der Waals surface area contributed by atoms with Gasteiger partial charge in [-0.05, 0) is 35.7 Å². The van der Waals surface area contributed by atoms with Crippen LogP contribution in [-0.4, -0.2) is 69.2 Å². The molecule has 39 heavy (non-hydrogen) atoms. The van der Waals surface area contributed by atoms with Crippen LogP contribution >= 0.6 is 0 Å². The lowest BCUT2D eigenvalue weighted by Crippen LogP contribution is -2.47. The monoisotopic (exact) mass is 529 g/mol. The maximum absolute atomic E-state index is 15.1. The second-order valence-electron chi connectivity index (χ2n) is 9.09. The number of nitrogens with zero attached hydrogens (tertiary/aromatic N) is 9. The van der Waals surface area contributed by atoms with E-state index in [4.69, 9.17) is 4.74 Å². The van der Waals surface area contributed by atoms with Gasteiger partial charge >= 0.3 is 5.69 Å². The normalized spacial score (nSPS) is 13.5. The molecule has 1 aromatic carbocycles. The van der Waals surface area contributed by atoms with Gasteiger partial charge in [-0.2, -0.15) is 10.4 Å². The first kappa shape index (κ1) is 26.0. The number of pyridine rings is 1. The summed E-state index contributed by atoms with van der Waals surface area (Å²) in [5.41, 5.74) is 2.28. The number of halogens is 1. The first-order valence-electron chi connectivity index (χ1n) is 12.7. The van der Waals surface area contributed by atoms with E-state index in [1.807, 2.05) is 12.4 Å². The average molecular weight is 530 g/mol. The third-order valence-corrected chi connectivity index (χ3v) is 6.73. The van der Waals surface area contributed by atoms with Gasteiger partial charge in [-0.25, -0.2) is 33.4 Å². The molecule has 0 amide bonds. The average Bonchev–Trinajstić information content (AvgIpc) is 3.35. The van der Waals surface area contributed by atoms with Gasteiger partial charge in [-0.3, -0.25) is 0 Å². The van der Waals surface area contributed by atoms with Crippen molar-refractivity contribution >= 4 is 11.8 Å². The van der Waals surface area contributed by atoms with Crippen molar-refractivity contribution in [1.29, 1.82) is 5.26 Å². The fraction of sp³-hybridized carbons (Fsp3) is 0.333. The fourth-order valence-corrected chi connectivity index (χ4v) is 4.48. The van der Waals surface area contributed by atoms with Gasteiger partial charge in [0.15, 0.2) is 0 Å². The highest BCUT2D eigenvalue weighted by Crippen LogP contribution is 2.28. The van der Waals surface area contributed by atoms with Crippen molar-refractivity contribution in [2.24, 2.45) is 0 Å². The molecule has 200 valence electrons. The largest absolute Gasteiger partial charge is 0.383 e. The molecular weight excluding hydrogens is 501 g/mol. The Hall–Kier alpha value is -4.63. The first-order valence-corrected chi connectivity index (χ1v) is 12.7. The van der Waals surface area contributed by atoms with E-state index in [9.17, 15) is 10.1 Å². The zero-order valence-corrected chi connectivity index (χ0v) is 21.8. The van der Waals surface area contributed by atoms with E-state index in [0.717, 1.165) is 16.6 Å². The van der Waals surface area contributed by atoms with Crippen molar-refractivity contribution in [3.63, 3.8) is 0 Å². The van der Waals surface area contributed by atoms with Crippen molar-refractivity contribution in [3.05, 3.63) is 76.6 Å². The molecule has 1 aliphatic rings. The second-order valence-corrected chi connectivity index (χ2v) is 9.09. The molecule has 12 heteroatoms. The maximum atomic E-state index is 15.1. The first-order chi connectivity index (χ1) is 19.0. The molecule has 0 spiro atoms. The highest BCUT2D eigenvalue weighted by atomic mass is 19.1. The Bertz CT molecular complexity index is 1550. The van der Waals surface area contributed by atoms with Crippen LogP contribution in [0.2, 0.25) is 0 Å². The summed E-state index contributed by atoms with van der Waals surface area (Å²) in [4.78, 5) is 30.3. The van der Waals surface area contributed by atoms with Gasteiger partial charge in [0, 0.05) is 57.4 Å². The van der Waals surface area contributed by atoms with Crippen LogP contribution in [-0.2, 0) is 17.7 Å². The molecule has 0 atom stereocenters. The lowest BCUT2D eigenvalue weighted by molar-refractivity contribution is 0.182. The summed E-state index contributed by atoms with van der Waals surface area (Å²) in [7, 11) is 1.53. The minimum Gasteiger partial charge on any atom is -0.383 e. The molecule has 0 aliphatic carbocycles. The van der Waals surface area contributed by atoms with E-state index >= 15 is 4.39 Å². The van der Waals surface area contributed by atoms with Crippen LogP contribution in [0, 0.1) is 17.1 Å². The lowest BCUT2D eigenvalue weighted by atomic mass is 10.0. The number of nitriles is 1. The minimum absolute atomic E-state index is 0.0867. The van der Waals surface area contributed by atoms with E-state index < -0.39 is 11.5 Å². The van der Waals surface area contributed by atoms with Crippen molar-refractivity contribution in [2.45, 2.75) is 19.9 Å². The lowest BCUT2D eigenvalue weighted by Gasteiger charge is -2.35. The Morgan fingerprint density at radius 1 is 1.03 bits per heavy atom. The summed E-state index contributed by atoms with van der Waals surface area (Å²) >= 11 is 0. The zero-order valence-electron chi connectivity index (χ0n) is 21.8. The van der Waals surface area contributed by atoms with Gasteiger partial charge < -0.3 is 14.5 Å². The van der Waals surface area contributed by atoms with Gasteiger partial charge in [0.2, 0.25) is 5.95 Å². The van der Waals surface area contributed by atoms with Crippen LogP contribution in [0.4, 0.5) is 16.2 Å². The summed E-state index contributed by atoms with van der Waals surface area (Å²) < 4.78 is 22.5. The van der Waals surface area contributed by atoms with E-state index in [0.29, 0.717) is 61.2 Å². The molecule has 11 nitrogen and oxygen atoms in total. The number of aryl methyl sites for hydroxylation is 1. The molecule has 5 rings (SSSR count). The van der Waals surface area contributed by atoms with E-state index in [1.165, 1.54) is 30.3 Å². The number of hydrogen-bond donors (Lipinski definition) is 0. The highest BCUT2D eigenvalue weighted by Gasteiger charge is 2.22. The smallest absolute Gasteiger partial charge is 0.350 e. The van der Waals surface area contributed by atoms with Gasteiger partial charge in [0.25, 0.3) is 0 Å². The predicted molar refractivity (Wildman–Crippen MR) is 143 cm³/mol. The van der Waals surface area contributed by atoms with Crippen molar-refractivity contribution in [3.8, 4) is 22.9 Å². The molecule has 0 N–H and O–H groups in total. The number of rotatable bonds is 8. The number of hydrogen-bond acceptors (Lipinski definition) is 9. The summed E-state index contributed by atoms with van der Waals surface area (Å²) in [5.74, 6) is 0.703. The van der Waals surface area contributed by atoms with Gasteiger partial charge in [-0.15, -0.1) is 0 Å². The Morgan fingerprint density at radius 3 is 2.44 bits per heavy atom. The molecule has 0 unspecified atom stereocenters. The number of aromatic nitrogens is 6. The van der Waals surface area contributed by atoms with Gasteiger partial charge in [0.1, 0.15) is 24.0 Å². The Labute approximate surface area is 224 Å². The summed E-state index contributed by atoms with van der Waals surface area (Å²) in [6.07, 6.45) is 7.52. The molecule has 0 saturated carbocycles. The van der Waals surface area contributed by atoms with E-state index in [2.05, 4.69) is 42.8 Å². The van der Waals surface area contributed by atoms with Crippen LogP contribution in [0.5, 0.6) is 0 Å². The molecule has 0 radical (unpaired) electrons. The quantitative estimate of drug-likeness (QED) is 0.339. The molecule has 0 bridgehead atoms. The fourth-order valence-electron chi connectivity index (χ4n) is 4.48. The van der Waals surface area contributed by atoms with Crippen molar-refractivity contribution in [1.82, 2.24) is 29.3 Å².